The Morgan fingerprint density at radius 1 is 1.29 bits per heavy atom. The number of allylic oxidation sites excluding steroid dienone is 6. The fraction of sp³-hybridized carbons (Fsp3) is 0. The highest BCUT2D eigenvalue weighted by Crippen LogP contribution is 2.26. The van der Waals surface area contributed by atoms with Gasteiger partial charge in [0.05, 0.1) is 10.6 Å². The number of nitro groups is 1. The van der Waals surface area contributed by atoms with Gasteiger partial charge in [0.15, 0.2) is 0 Å². The van der Waals surface area contributed by atoms with Crippen LogP contribution < -0.4 is 5.32 Å². The molecule has 0 radical (unpaired) electrons. The zero-order valence-corrected chi connectivity index (χ0v) is 11.7. The first-order chi connectivity index (χ1) is 11.4. The second-order valence-corrected chi connectivity index (χ2v) is 4.77. The highest BCUT2D eigenvalue weighted by atomic mass is 19.1. The van der Waals surface area contributed by atoms with Gasteiger partial charge in [-0.05, 0) is 12.2 Å². The molecule has 2 aliphatic heterocycles. The molecule has 0 aromatic rings. The summed E-state index contributed by atoms with van der Waals surface area (Å²) in [5.74, 6) is -3.08. The van der Waals surface area contributed by atoms with Gasteiger partial charge in [0.25, 0.3) is 0 Å². The summed E-state index contributed by atoms with van der Waals surface area (Å²) in [6, 6.07) is 0. The molecule has 0 aromatic carbocycles. The van der Waals surface area contributed by atoms with Gasteiger partial charge in [-0.3, -0.25) is 24.9 Å². The number of nitrogens with one attached hydrogen (secondary N) is 1. The average molecular weight is 333 g/mol. The van der Waals surface area contributed by atoms with Gasteiger partial charge >= 0.3 is 11.5 Å². The van der Waals surface area contributed by atoms with Crippen LogP contribution in [0.3, 0.4) is 0 Å². The number of halogens is 1. The predicted molar refractivity (Wildman–Crippen MR) is 74.5 cm³/mol. The molecule has 3 aliphatic rings. The number of carbonyl (C=O) groups is 2. The molecule has 2 heterocycles. The molecule has 1 aliphatic carbocycles. The van der Waals surface area contributed by atoms with Gasteiger partial charge in [-0.25, -0.2) is 5.06 Å². The van der Waals surface area contributed by atoms with Crippen LogP contribution >= 0.6 is 0 Å². The van der Waals surface area contributed by atoms with Crippen LogP contribution in [0.2, 0.25) is 0 Å². The number of hydrogen-bond acceptors (Lipinski definition) is 8. The summed E-state index contributed by atoms with van der Waals surface area (Å²) in [7, 11) is 0. The maximum absolute atomic E-state index is 13.3. The summed E-state index contributed by atoms with van der Waals surface area (Å²) in [6.45, 7) is 0. The Labute approximate surface area is 133 Å². The minimum atomic E-state index is -1.20. The highest BCUT2D eigenvalue weighted by molar-refractivity contribution is 6.47. The third-order valence-electron chi connectivity index (χ3n) is 3.24. The molecule has 0 saturated heterocycles. The number of ether oxygens (including phenoxy) is 1. The molecule has 24 heavy (non-hydrogen) atoms. The Morgan fingerprint density at radius 3 is 2.71 bits per heavy atom. The van der Waals surface area contributed by atoms with Crippen LogP contribution in [0.5, 0.6) is 0 Å². The summed E-state index contributed by atoms with van der Waals surface area (Å²) >= 11 is 0. The average Bonchev–Trinajstić information content (AvgIpc) is 3.02. The van der Waals surface area contributed by atoms with E-state index in [1.54, 1.807) is 0 Å². The molecule has 0 atom stereocenters. The molecule has 10 heteroatoms. The van der Waals surface area contributed by atoms with Gasteiger partial charge in [-0.2, -0.15) is 4.39 Å². The number of hydrogen-bond donors (Lipinski definition) is 2. The number of carbonyl (C=O) groups excluding carboxylic acids is 2. The first kappa shape index (κ1) is 15.4. The Balaban J connectivity index is 1.88. The van der Waals surface area contributed by atoms with Crippen molar-refractivity contribution in [3.63, 3.8) is 0 Å². The molecule has 0 saturated carbocycles. The lowest BCUT2D eigenvalue weighted by Gasteiger charge is -2.14. The van der Waals surface area contributed by atoms with E-state index in [0.29, 0.717) is 0 Å². The van der Waals surface area contributed by atoms with Gasteiger partial charge in [0.2, 0.25) is 17.6 Å². The number of hydroxylamine groups is 2. The van der Waals surface area contributed by atoms with E-state index in [-0.39, 0.29) is 27.8 Å². The minimum absolute atomic E-state index is 0.0786. The Bertz CT molecular complexity index is 862. The van der Waals surface area contributed by atoms with E-state index in [1.807, 2.05) is 0 Å². The molecule has 9 nitrogen and oxygen atoms in total. The SMILES string of the molecule is O=C1C=C(C2=CO/C(=C3/C=CN(O)C(F)=C3)N2)C=C([N+](=O)[O-])C1=O. The van der Waals surface area contributed by atoms with Crippen molar-refractivity contribution in [2.75, 3.05) is 0 Å². The fourth-order valence-corrected chi connectivity index (χ4v) is 2.06. The Morgan fingerprint density at radius 2 is 2.04 bits per heavy atom. The van der Waals surface area contributed by atoms with Crippen LogP contribution in [-0.4, -0.2) is 26.8 Å². The molecule has 0 bridgehead atoms. The van der Waals surface area contributed by atoms with E-state index in [9.17, 15) is 24.1 Å². The summed E-state index contributed by atoms with van der Waals surface area (Å²) in [5.41, 5.74) is -0.330. The second kappa shape index (κ2) is 5.59. The number of Topliss-reactive ketones (excluding diaryl/α,β-unsaturated/α-hetero) is 1. The lowest BCUT2D eigenvalue weighted by Crippen LogP contribution is -2.24. The largest absolute Gasteiger partial charge is 0.446 e. The summed E-state index contributed by atoms with van der Waals surface area (Å²) < 4.78 is 18.5. The molecule has 0 amide bonds. The van der Waals surface area contributed by atoms with Crippen LogP contribution in [0, 0.1) is 10.1 Å². The smallest absolute Gasteiger partial charge is 0.321 e. The van der Waals surface area contributed by atoms with Crippen molar-refractivity contribution in [1.29, 1.82) is 0 Å². The van der Waals surface area contributed by atoms with Crippen molar-refractivity contribution in [1.82, 2.24) is 10.4 Å². The lowest BCUT2D eigenvalue weighted by atomic mass is 10.0. The monoisotopic (exact) mass is 333 g/mol. The van der Waals surface area contributed by atoms with Crippen molar-refractivity contribution >= 4 is 11.6 Å². The van der Waals surface area contributed by atoms with Gasteiger partial charge < -0.3 is 10.1 Å². The topological polar surface area (TPSA) is 122 Å². The Kier molecular flexibility index (Phi) is 3.58. The van der Waals surface area contributed by atoms with Crippen LogP contribution in [0.15, 0.2) is 71.1 Å². The van der Waals surface area contributed by atoms with Crippen molar-refractivity contribution in [2.45, 2.75) is 0 Å². The molecular formula is C14H8FN3O6. The van der Waals surface area contributed by atoms with E-state index >= 15 is 0 Å². The van der Waals surface area contributed by atoms with Gasteiger partial charge in [0, 0.05) is 29.5 Å². The zero-order chi connectivity index (χ0) is 17.4. The number of ketones is 2. The normalized spacial score (nSPS) is 23.2. The van der Waals surface area contributed by atoms with Crippen LogP contribution in [0.1, 0.15) is 0 Å². The summed E-state index contributed by atoms with van der Waals surface area (Å²) in [4.78, 5) is 32.9. The molecule has 3 rings (SSSR count). The number of rotatable bonds is 2. The standard InChI is InChI=1S/C14H8FN3O6/c15-12-5-7(1-2-17(12)21)14-16-9(6-24-14)8-3-10(18(22)23)13(20)11(19)4-8/h1-6,16,21H/b14-7-. The fourth-order valence-electron chi connectivity index (χ4n) is 2.06. The van der Waals surface area contributed by atoms with E-state index in [4.69, 9.17) is 9.94 Å². The maximum Gasteiger partial charge on any atom is 0.321 e. The third-order valence-corrected chi connectivity index (χ3v) is 3.24. The van der Waals surface area contributed by atoms with Crippen molar-refractivity contribution in [3.8, 4) is 0 Å². The first-order valence-electron chi connectivity index (χ1n) is 6.45. The predicted octanol–water partition coefficient (Wildman–Crippen LogP) is 0.927. The minimum Gasteiger partial charge on any atom is -0.446 e. The number of nitrogens with zero attached hydrogens (tertiary/aromatic N) is 2. The summed E-state index contributed by atoms with van der Waals surface area (Å²) in [6.07, 6.45) is 6.44. The molecule has 0 fully saturated rings. The zero-order valence-electron chi connectivity index (χ0n) is 11.7. The van der Waals surface area contributed by atoms with Crippen molar-refractivity contribution < 1.29 is 28.8 Å². The second-order valence-electron chi connectivity index (χ2n) is 4.77. The lowest BCUT2D eigenvalue weighted by molar-refractivity contribution is -0.418. The van der Waals surface area contributed by atoms with Gasteiger partial charge in [-0.1, -0.05) is 0 Å². The van der Waals surface area contributed by atoms with Crippen LogP contribution in [0.25, 0.3) is 0 Å². The van der Waals surface area contributed by atoms with Gasteiger partial charge in [0.1, 0.15) is 6.26 Å². The molecule has 122 valence electrons. The van der Waals surface area contributed by atoms with E-state index in [0.717, 1.165) is 30.7 Å². The van der Waals surface area contributed by atoms with E-state index in [1.165, 1.54) is 6.08 Å². The van der Waals surface area contributed by atoms with E-state index in [2.05, 4.69) is 5.32 Å². The van der Waals surface area contributed by atoms with Crippen LogP contribution in [-0.2, 0) is 14.3 Å². The third kappa shape index (κ3) is 2.61. The maximum atomic E-state index is 13.3. The molecular weight excluding hydrogens is 325 g/mol. The molecule has 0 aromatic heterocycles. The summed E-state index contributed by atoms with van der Waals surface area (Å²) in [5, 5.41) is 22.9. The first-order valence-corrected chi connectivity index (χ1v) is 6.45. The molecule has 2 N–H and O–H groups in total. The molecule has 0 unspecified atom stereocenters. The quantitative estimate of drug-likeness (QED) is 0.252. The highest BCUT2D eigenvalue weighted by Gasteiger charge is 2.33. The van der Waals surface area contributed by atoms with Crippen molar-refractivity contribution in [3.05, 3.63) is 81.3 Å². The Hall–Kier alpha value is -3.53. The van der Waals surface area contributed by atoms with Crippen LogP contribution in [0.4, 0.5) is 4.39 Å². The van der Waals surface area contributed by atoms with Crippen molar-refractivity contribution in [2.24, 2.45) is 0 Å². The molecule has 0 spiro atoms. The van der Waals surface area contributed by atoms with Gasteiger partial charge in [-0.15, -0.1) is 0 Å². The van der Waals surface area contributed by atoms with E-state index < -0.39 is 28.1 Å².